The predicted molar refractivity (Wildman–Crippen MR) is 96.4 cm³/mol. The van der Waals surface area contributed by atoms with Gasteiger partial charge in [-0.2, -0.15) is 10.1 Å². The molecule has 0 spiro atoms. The zero-order valence-electron chi connectivity index (χ0n) is 12.6. The molecule has 0 aliphatic rings. The highest BCUT2D eigenvalue weighted by Crippen LogP contribution is 2.24. The minimum atomic E-state index is 0.437. The topological polar surface area (TPSA) is 62.7 Å². The molecule has 0 radical (unpaired) electrons. The summed E-state index contributed by atoms with van der Waals surface area (Å²) in [5, 5.41) is 14.4. The Morgan fingerprint density at radius 1 is 1.00 bits per heavy atom. The van der Waals surface area contributed by atoms with Crippen molar-refractivity contribution in [2.45, 2.75) is 13.3 Å². The zero-order valence-corrected chi connectivity index (χ0v) is 14.2. The fourth-order valence-corrected chi connectivity index (χ4v) is 2.46. The molecule has 0 saturated carbocycles. The lowest BCUT2D eigenvalue weighted by molar-refractivity contribution is 0.982. The zero-order chi connectivity index (χ0) is 16.1. The van der Waals surface area contributed by atoms with Crippen molar-refractivity contribution in [2.75, 3.05) is 10.6 Å². The van der Waals surface area contributed by atoms with Crippen molar-refractivity contribution in [1.82, 2.24) is 15.2 Å². The highest BCUT2D eigenvalue weighted by molar-refractivity contribution is 9.10. The second kappa shape index (κ2) is 7.19. The summed E-state index contributed by atoms with van der Waals surface area (Å²) in [5.74, 6) is 1.07. The van der Waals surface area contributed by atoms with Crippen molar-refractivity contribution < 1.29 is 0 Å². The van der Waals surface area contributed by atoms with Crippen LogP contribution in [0.1, 0.15) is 12.5 Å². The van der Waals surface area contributed by atoms with Gasteiger partial charge in [-0.25, -0.2) is 0 Å². The third-order valence-corrected chi connectivity index (χ3v) is 4.01. The lowest BCUT2D eigenvalue weighted by atomic mass is 10.1. The fraction of sp³-hybridized carbons (Fsp3) is 0.118. The molecule has 1 aromatic heterocycles. The summed E-state index contributed by atoms with van der Waals surface area (Å²) in [6.07, 6.45) is 2.62. The van der Waals surface area contributed by atoms with E-state index in [0.717, 1.165) is 22.3 Å². The van der Waals surface area contributed by atoms with Crippen LogP contribution in [0.2, 0.25) is 0 Å². The summed E-state index contributed by atoms with van der Waals surface area (Å²) in [5.41, 5.74) is 3.15. The van der Waals surface area contributed by atoms with Crippen molar-refractivity contribution >= 4 is 39.1 Å². The van der Waals surface area contributed by atoms with E-state index in [1.54, 1.807) is 6.20 Å². The van der Waals surface area contributed by atoms with Gasteiger partial charge in [-0.3, -0.25) is 0 Å². The summed E-state index contributed by atoms with van der Waals surface area (Å²) in [4.78, 5) is 4.43. The van der Waals surface area contributed by atoms with Crippen LogP contribution < -0.4 is 10.6 Å². The van der Waals surface area contributed by atoms with Crippen LogP contribution in [0.3, 0.4) is 0 Å². The number of anilines is 4. The molecular weight excluding hydrogens is 354 g/mol. The number of hydrogen-bond acceptors (Lipinski definition) is 5. The SMILES string of the molecule is CCc1ccc(Nc2cnnc(Nc3ccccc3Br)n2)cc1. The Morgan fingerprint density at radius 3 is 2.52 bits per heavy atom. The number of nitrogens with zero attached hydrogens (tertiary/aromatic N) is 3. The number of para-hydroxylation sites is 1. The van der Waals surface area contributed by atoms with Gasteiger partial charge in [-0.05, 0) is 52.2 Å². The number of halogens is 1. The highest BCUT2D eigenvalue weighted by atomic mass is 79.9. The van der Waals surface area contributed by atoms with Crippen LogP contribution in [0.25, 0.3) is 0 Å². The number of aromatic nitrogens is 3. The molecule has 3 rings (SSSR count). The largest absolute Gasteiger partial charge is 0.339 e. The Balaban J connectivity index is 1.75. The van der Waals surface area contributed by atoms with Crippen molar-refractivity contribution in [3.63, 3.8) is 0 Å². The van der Waals surface area contributed by atoms with E-state index in [2.05, 4.69) is 60.8 Å². The molecule has 116 valence electrons. The van der Waals surface area contributed by atoms with E-state index in [1.807, 2.05) is 36.4 Å². The second-order valence-electron chi connectivity index (χ2n) is 4.95. The molecule has 0 atom stereocenters. The van der Waals surface area contributed by atoms with E-state index in [9.17, 15) is 0 Å². The molecule has 0 aliphatic heterocycles. The van der Waals surface area contributed by atoms with Crippen LogP contribution in [0.15, 0.2) is 59.2 Å². The molecule has 0 fully saturated rings. The van der Waals surface area contributed by atoms with Gasteiger partial charge in [0.05, 0.1) is 11.9 Å². The molecular formula is C17H16BrN5. The van der Waals surface area contributed by atoms with Gasteiger partial charge in [-0.15, -0.1) is 5.10 Å². The smallest absolute Gasteiger partial charge is 0.249 e. The normalized spacial score (nSPS) is 10.3. The quantitative estimate of drug-likeness (QED) is 0.683. The third kappa shape index (κ3) is 4.04. The molecule has 0 bridgehead atoms. The number of hydrogen-bond donors (Lipinski definition) is 2. The maximum atomic E-state index is 4.43. The first-order chi connectivity index (χ1) is 11.2. The van der Waals surface area contributed by atoms with E-state index in [1.165, 1.54) is 5.56 Å². The van der Waals surface area contributed by atoms with Gasteiger partial charge >= 0.3 is 0 Å². The fourth-order valence-electron chi connectivity index (χ4n) is 2.07. The number of rotatable bonds is 5. The Labute approximate surface area is 143 Å². The molecule has 0 saturated heterocycles. The lowest BCUT2D eigenvalue weighted by Crippen LogP contribution is -2.02. The van der Waals surface area contributed by atoms with E-state index >= 15 is 0 Å². The third-order valence-electron chi connectivity index (χ3n) is 3.31. The van der Waals surface area contributed by atoms with Gasteiger partial charge in [0.1, 0.15) is 0 Å². The molecule has 0 unspecified atom stereocenters. The Kier molecular flexibility index (Phi) is 4.83. The van der Waals surface area contributed by atoms with Gasteiger partial charge in [0.2, 0.25) is 5.95 Å². The predicted octanol–water partition coefficient (Wildman–Crippen LogP) is 4.68. The molecule has 1 heterocycles. The van der Waals surface area contributed by atoms with Crippen molar-refractivity contribution in [2.24, 2.45) is 0 Å². The highest BCUT2D eigenvalue weighted by Gasteiger charge is 2.04. The Morgan fingerprint density at radius 2 is 1.78 bits per heavy atom. The molecule has 3 aromatic rings. The molecule has 5 nitrogen and oxygen atoms in total. The molecule has 0 amide bonds. The van der Waals surface area contributed by atoms with E-state index in [-0.39, 0.29) is 0 Å². The van der Waals surface area contributed by atoms with Gasteiger partial charge in [0.25, 0.3) is 0 Å². The average molecular weight is 370 g/mol. The van der Waals surface area contributed by atoms with Gasteiger partial charge in [-0.1, -0.05) is 31.2 Å². The van der Waals surface area contributed by atoms with Crippen molar-refractivity contribution in [3.8, 4) is 0 Å². The summed E-state index contributed by atoms with van der Waals surface area (Å²) in [6.45, 7) is 2.14. The second-order valence-corrected chi connectivity index (χ2v) is 5.80. The first kappa shape index (κ1) is 15.4. The molecule has 0 aliphatic carbocycles. The molecule has 2 N–H and O–H groups in total. The van der Waals surface area contributed by atoms with Crippen LogP contribution in [-0.4, -0.2) is 15.2 Å². The maximum Gasteiger partial charge on any atom is 0.249 e. The van der Waals surface area contributed by atoms with Crippen LogP contribution in [0, 0.1) is 0 Å². The molecule has 6 heteroatoms. The summed E-state index contributed by atoms with van der Waals surface area (Å²) in [6, 6.07) is 16.0. The average Bonchev–Trinajstić information content (AvgIpc) is 2.58. The summed E-state index contributed by atoms with van der Waals surface area (Å²) >= 11 is 3.49. The number of benzene rings is 2. The first-order valence-electron chi connectivity index (χ1n) is 7.32. The van der Waals surface area contributed by atoms with Crippen LogP contribution in [-0.2, 0) is 6.42 Å². The summed E-state index contributed by atoms with van der Waals surface area (Å²) in [7, 11) is 0. The minimum absolute atomic E-state index is 0.437. The standard InChI is InChI=1S/C17H16BrN5/c1-2-12-7-9-13(10-8-12)20-16-11-19-23-17(22-16)21-15-6-4-3-5-14(15)18/h3-11H,2H2,1H3,(H2,20,21,22,23). The van der Waals surface area contributed by atoms with E-state index < -0.39 is 0 Å². The van der Waals surface area contributed by atoms with Crippen LogP contribution >= 0.6 is 15.9 Å². The lowest BCUT2D eigenvalue weighted by Gasteiger charge is -2.09. The molecule has 2 aromatic carbocycles. The maximum absolute atomic E-state index is 4.43. The Bertz CT molecular complexity index is 789. The Hall–Kier alpha value is -2.47. The van der Waals surface area contributed by atoms with Gasteiger partial charge < -0.3 is 10.6 Å². The number of nitrogens with one attached hydrogen (secondary N) is 2. The van der Waals surface area contributed by atoms with E-state index in [0.29, 0.717) is 11.8 Å². The van der Waals surface area contributed by atoms with Gasteiger partial charge in [0, 0.05) is 10.2 Å². The molecule has 23 heavy (non-hydrogen) atoms. The van der Waals surface area contributed by atoms with Gasteiger partial charge in [0.15, 0.2) is 5.82 Å². The monoisotopic (exact) mass is 369 g/mol. The van der Waals surface area contributed by atoms with Crippen molar-refractivity contribution in [3.05, 3.63) is 64.8 Å². The summed E-state index contributed by atoms with van der Waals surface area (Å²) < 4.78 is 0.942. The van der Waals surface area contributed by atoms with Crippen LogP contribution in [0.5, 0.6) is 0 Å². The minimum Gasteiger partial charge on any atom is -0.339 e. The number of aryl methyl sites for hydroxylation is 1. The van der Waals surface area contributed by atoms with E-state index in [4.69, 9.17) is 0 Å². The van der Waals surface area contributed by atoms with Crippen molar-refractivity contribution in [1.29, 1.82) is 0 Å². The van der Waals surface area contributed by atoms with Crippen LogP contribution in [0.4, 0.5) is 23.1 Å². The first-order valence-corrected chi connectivity index (χ1v) is 8.11.